The van der Waals surface area contributed by atoms with Crippen LogP contribution in [0.1, 0.15) is 27.2 Å². The van der Waals surface area contributed by atoms with Crippen molar-refractivity contribution < 1.29 is 28.6 Å². The van der Waals surface area contributed by atoms with Gasteiger partial charge in [-0.25, -0.2) is 4.79 Å². The maximum Gasteiger partial charge on any atom is 0.411 e. The first-order chi connectivity index (χ1) is 14.7. The highest BCUT2D eigenvalue weighted by Gasteiger charge is 2.42. The van der Waals surface area contributed by atoms with Crippen LogP contribution < -0.4 is 10.1 Å². The Labute approximate surface area is 181 Å². The van der Waals surface area contributed by atoms with Crippen molar-refractivity contribution in [2.24, 2.45) is 0 Å². The molecule has 0 aromatic heterocycles. The van der Waals surface area contributed by atoms with Crippen LogP contribution in [-0.4, -0.2) is 47.7 Å². The van der Waals surface area contributed by atoms with Crippen LogP contribution in [-0.2, 0) is 19.1 Å². The highest BCUT2D eigenvalue weighted by atomic mass is 16.6. The minimum Gasteiger partial charge on any atom is -0.463 e. The first-order valence-corrected chi connectivity index (χ1v) is 9.98. The van der Waals surface area contributed by atoms with E-state index in [1.807, 2.05) is 30.3 Å². The van der Waals surface area contributed by atoms with E-state index in [9.17, 15) is 14.4 Å². The number of amides is 2. The van der Waals surface area contributed by atoms with E-state index in [-0.39, 0.29) is 18.9 Å². The Hall–Kier alpha value is -3.55. The average molecular weight is 426 g/mol. The van der Waals surface area contributed by atoms with Crippen molar-refractivity contribution in [3.8, 4) is 11.5 Å². The molecule has 1 fully saturated rings. The van der Waals surface area contributed by atoms with Crippen LogP contribution in [0.25, 0.3) is 0 Å². The fraction of sp³-hybridized carbons (Fsp3) is 0.348. The third-order valence-electron chi connectivity index (χ3n) is 4.54. The van der Waals surface area contributed by atoms with Crippen LogP contribution in [0.15, 0.2) is 54.6 Å². The summed E-state index contributed by atoms with van der Waals surface area (Å²) in [6.07, 6.45) is -1.00. The molecule has 8 nitrogen and oxygen atoms in total. The summed E-state index contributed by atoms with van der Waals surface area (Å²) in [4.78, 5) is 37.5. The molecular weight excluding hydrogens is 400 g/mol. The lowest BCUT2D eigenvalue weighted by molar-refractivity contribution is -0.133. The summed E-state index contributed by atoms with van der Waals surface area (Å²) in [5.74, 6) is 0.943. The summed E-state index contributed by atoms with van der Waals surface area (Å²) < 4.78 is 16.1. The zero-order chi connectivity index (χ0) is 22.4. The zero-order valence-electron chi connectivity index (χ0n) is 17.7. The number of carbonyl (C=O) groups is 3. The maximum absolute atomic E-state index is 12.9. The van der Waals surface area contributed by atoms with Crippen LogP contribution in [0.5, 0.6) is 11.5 Å². The van der Waals surface area contributed by atoms with Gasteiger partial charge in [0.15, 0.2) is 0 Å². The molecular formula is C23H26N2O6. The molecule has 3 rings (SSSR count). The molecule has 0 radical (unpaired) electrons. The van der Waals surface area contributed by atoms with Gasteiger partial charge in [-0.3, -0.25) is 14.5 Å². The van der Waals surface area contributed by atoms with Crippen molar-refractivity contribution >= 4 is 24.2 Å². The third-order valence-corrected chi connectivity index (χ3v) is 4.54. The summed E-state index contributed by atoms with van der Waals surface area (Å²) in [6, 6.07) is 15.4. The number of likely N-dealkylation sites (tertiary alicyclic amines) is 1. The molecule has 0 saturated carbocycles. The maximum atomic E-state index is 12.9. The number of nitrogens with zero attached hydrogens (tertiary/aromatic N) is 1. The van der Waals surface area contributed by atoms with Crippen molar-refractivity contribution in [2.75, 3.05) is 11.9 Å². The normalized spacial score (nSPS) is 18.2. The Kier molecular flexibility index (Phi) is 6.79. The Bertz CT molecular complexity index is 908. The number of nitrogens with one attached hydrogen (secondary N) is 1. The zero-order valence-corrected chi connectivity index (χ0v) is 17.7. The fourth-order valence-electron chi connectivity index (χ4n) is 3.20. The molecule has 1 N–H and O–H groups in total. The lowest BCUT2D eigenvalue weighted by atomic mass is 10.1. The number of hydrogen-bond acceptors (Lipinski definition) is 6. The Balaban J connectivity index is 1.66. The third kappa shape index (κ3) is 6.21. The van der Waals surface area contributed by atoms with E-state index < -0.39 is 23.8 Å². The predicted molar refractivity (Wildman–Crippen MR) is 114 cm³/mol. The molecule has 2 aromatic carbocycles. The minimum atomic E-state index is -0.819. The van der Waals surface area contributed by atoms with Gasteiger partial charge in [0, 0.05) is 12.1 Å². The second-order valence-corrected chi connectivity index (χ2v) is 8.17. The van der Waals surface area contributed by atoms with E-state index in [0.717, 1.165) is 0 Å². The van der Waals surface area contributed by atoms with Crippen LogP contribution in [0.2, 0.25) is 0 Å². The molecule has 0 bridgehead atoms. The van der Waals surface area contributed by atoms with Crippen LogP contribution in [0, 0.1) is 0 Å². The summed E-state index contributed by atoms with van der Waals surface area (Å²) in [7, 11) is 0. The number of rotatable bonds is 6. The molecule has 0 spiro atoms. The smallest absolute Gasteiger partial charge is 0.411 e. The summed E-state index contributed by atoms with van der Waals surface area (Å²) in [6.45, 7) is 5.65. The molecule has 1 aliphatic heterocycles. The monoisotopic (exact) mass is 426 g/mol. The minimum absolute atomic E-state index is 0.0929. The highest BCUT2D eigenvalue weighted by Crippen LogP contribution is 2.26. The lowest BCUT2D eigenvalue weighted by Gasteiger charge is -2.27. The molecule has 2 amide bonds. The summed E-state index contributed by atoms with van der Waals surface area (Å²) in [5.41, 5.74) is -0.162. The van der Waals surface area contributed by atoms with E-state index in [1.54, 1.807) is 45.0 Å². The van der Waals surface area contributed by atoms with Gasteiger partial charge in [0.2, 0.25) is 5.91 Å². The Morgan fingerprint density at radius 2 is 1.68 bits per heavy atom. The van der Waals surface area contributed by atoms with Gasteiger partial charge in [0.05, 0.1) is 6.54 Å². The van der Waals surface area contributed by atoms with Gasteiger partial charge in [-0.2, -0.15) is 0 Å². The van der Waals surface area contributed by atoms with Crippen molar-refractivity contribution in [1.82, 2.24) is 4.90 Å². The summed E-state index contributed by atoms with van der Waals surface area (Å²) >= 11 is 0. The van der Waals surface area contributed by atoms with Crippen molar-refractivity contribution in [3.63, 3.8) is 0 Å². The number of para-hydroxylation sites is 1. The van der Waals surface area contributed by atoms with Gasteiger partial charge in [0.25, 0.3) is 6.47 Å². The largest absolute Gasteiger partial charge is 0.463 e. The molecule has 31 heavy (non-hydrogen) atoms. The molecule has 1 saturated heterocycles. The lowest BCUT2D eigenvalue weighted by Crippen LogP contribution is -2.45. The first-order valence-electron chi connectivity index (χ1n) is 9.98. The topological polar surface area (TPSA) is 94.2 Å². The highest BCUT2D eigenvalue weighted by molar-refractivity contribution is 5.97. The molecule has 1 heterocycles. The number of carbonyl (C=O) groups excluding carboxylic acids is 3. The van der Waals surface area contributed by atoms with Crippen LogP contribution in [0.4, 0.5) is 10.5 Å². The second kappa shape index (κ2) is 9.51. The van der Waals surface area contributed by atoms with Gasteiger partial charge in [-0.05, 0) is 57.2 Å². The van der Waals surface area contributed by atoms with E-state index in [2.05, 4.69) is 5.32 Å². The van der Waals surface area contributed by atoms with Crippen molar-refractivity contribution in [2.45, 2.75) is 44.9 Å². The average Bonchev–Trinajstić information content (AvgIpc) is 3.14. The Morgan fingerprint density at radius 1 is 1.03 bits per heavy atom. The van der Waals surface area contributed by atoms with Gasteiger partial charge in [-0.1, -0.05) is 18.2 Å². The molecule has 8 heteroatoms. The SMILES string of the molecule is CC(C)(C)OC(=O)N1CC(OC=O)C[C@H]1C(=O)Nc1ccc(Oc2ccccc2)cc1. The van der Waals surface area contributed by atoms with E-state index >= 15 is 0 Å². The second-order valence-electron chi connectivity index (χ2n) is 8.17. The fourth-order valence-corrected chi connectivity index (χ4v) is 3.20. The standard InChI is InChI=1S/C23H26N2O6/c1-23(2,3)31-22(28)25-14-19(29-15-26)13-20(25)21(27)24-16-9-11-18(12-10-16)30-17-7-5-4-6-8-17/h4-12,15,19-20H,13-14H2,1-3H3,(H,24,27)/t19?,20-/m0/s1. The van der Waals surface area contributed by atoms with E-state index in [1.165, 1.54) is 4.90 Å². The molecule has 164 valence electrons. The molecule has 0 aliphatic carbocycles. The number of benzene rings is 2. The van der Waals surface area contributed by atoms with Gasteiger partial charge >= 0.3 is 6.09 Å². The molecule has 1 unspecified atom stereocenters. The quantitative estimate of drug-likeness (QED) is 0.703. The molecule has 1 aliphatic rings. The first kappa shape index (κ1) is 22.1. The van der Waals surface area contributed by atoms with Gasteiger partial charge in [-0.15, -0.1) is 0 Å². The van der Waals surface area contributed by atoms with Gasteiger partial charge in [0.1, 0.15) is 29.2 Å². The molecule has 2 aromatic rings. The predicted octanol–water partition coefficient (Wildman–Crippen LogP) is 3.97. The van der Waals surface area contributed by atoms with Gasteiger partial charge < -0.3 is 19.5 Å². The van der Waals surface area contributed by atoms with Crippen molar-refractivity contribution in [1.29, 1.82) is 0 Å². The molecule has 2 atom stereocenters. The van der Waals surface area contributed by atoms with E-state index in [0.29, 0.717) is 23.7 Å². The number of hydrogen-bond donors (Lipinski definition) is 1. The Morgan fingerprint density at radius 3 is 2.29 bits per heavy atom. The number of ether oxygens (including phenoxy) is 3. The number of anilines is 1. The van der Waals surface area contributed by atoms with E-state index in [4.69, 9.17) is 14.2 Å². The van der Waals surface area contributed by atoms with Crippen LogP contribution in [0.3, 0.4) is 0 Å². The summed E-state index contributed by atoms with van der Waals surface area (Å²) in [5, 5.41) is 2.80. The van der Waals surface area contributed by atoms with Crippen molar-refractivity contribution in [3.05, 3.63) is 54.6 Å². The van der Waals surface area contributed by atoms with Crippen LogP contribution >= 0.6 is 0 Å².